The molecule has 1 saturated heterocycles. The van der Waals surface area contributed by atoms with Crippen molar-refractivity contribution in [2.24, 2.45) is 0 Å². The van der Waals surface area contributed by atoms with Gasteiger partial charge in [0, 0.05) is 38.0 Å². The number of amides is 1. The van der Waals surface area contributed by atoms with Gasteiger partial charge in [-0.2, -0.15) is 11.8 Å². The third kappa shape index (κ3) is 4.01. The summed E-state index contributed by atoms with van der Waals surface area (Å²) in [4.78, 5) is 12.7. The van der Waals surface area contributed by atoms with Crippen molar-refractivity contribution in [3.05, 3.63) is 0 Å². The van der Waals surface area contributed by atoms with Crippen molar-refractivity contribution < 1.29 is 9.53 Å². The summed E-state index contributed by atoms with van der Waals surface area (Å²) >= 11 is 1.84. The number of carbonyl (C=O) groups excluding carboxylic acids is 1. The van der Waals surface area contributed by atoms with Crippen LogP contribution in [0.15, 0.2) is 0 Å². The van der Waals surface area contributed by atoms with Gasteiger partial charge in [0.15, 0.2) is 0 Å². The summed E-state index contributed by atoms with van der Waals surface area (Å²) < 4.78 is 5.22. The van der Waals surface area contributed by atoms with Crippen LogP contribution in [0.2, 0.25) is 0 Å². The molecule has 0 spiro atoms. The number of rotatable bonds is 7. The zero-order chi connectivity index (χ0) is 11.1. The molecule has 0 aromatic rings. The number of methoxy groups -OCH3 is 1. The Morgan fingerprint density at radius 3 is 3.13 bits per heavy atom. The lowest BCUT2D eigenvalue weighted by Gasteiger charge is -2.26. The lowest BCUT2D eigenvalue weighted by Crippen LogP contribution is -2.41. The Kier molecular flexibility index (Phi) is 6.05. The van der Waals surface area contributed by atoms with Gasteiger partial charge in [0.25, 0.3) is 0 Å². The molecule has 15 heavy (non-hydrogen) atoms. The topological polar surface area (TPSA) is 41.6 Å². The molecule has 1 heterocycles. The summed E-state index contributed by atoms with van der Waals surface area (Å²) in [6.07, 6.45) is 3.96. The second-order valence-electron chi connectivity index (χ2n) is 3.83. The molecule has 0 bridgehead atoms. The Bertz CT molecular complexity index is 186. The van der Waals surface area contributed by atoms with E-state index in [4.69, 9.17) is 4.74 Å². The third-order valence-corrected chi connectivity index (χ3v) is 3.48. The molecule has 0 aliphatic carbocycles. The van der Waals surface area contributed by atoms with Crippen molar-refractivity contribution in [2.45, 2.75) is 18.5 Å². The number of nitrogens with zero attached hydrogens (tertiary/aromatic N) is 1. The summed E-state index contributed by atoms with van der Waals surface area (Å²) in [5.74, 6) is 1.08. The predicted molar refractivity (Wildman–Crippen MR) is 63.2 cm³/mol. The van der Waals surface area contributed by atoms with E-state index in [2.05, 4.69) is 16.5 Å². The van der Waals surface area contributed by atoms with Crippen LogP contribution in [0.5, 0.6) is 0 Å². The summed E-state index contributed by atoms with van der Waals surface area (Å²) in [7, 11) is 1.74. The first kappa shape index (κ1) is 12.8. The van der Waals surface area contributed by atoms with Gasteiger partial charge in [-0.15, -0.1) is 0 Å². The molecule has 0 saturated carbocycles. The maximum Gasteiger partial charge on any atom is 0.207 e. The first-order valence-electron chi connectivity index (χ1n) is 5.23. The SMILES string of the molecule is COCC(CSC)N1CC[C@H](NC=O)C1. The van der Waals surface area contributed by atoms with E-state index in [1.54, 1.807) is 7.11 Å². The fourth-order valence-electron chi connectivity index (χ4n) is 1.99. The van der Waals surface area contributed by atoms with Gasteiger partial charge in [0.2, 0.25) is 6.41 Å². The normalized spacial score (nSPS) is 24.0. The Hall–Kier alpha value is -0.260. The molecule has 1 aliphatic heterocycles. The molecule has 0 aromatic carbocycles. The second kappa shape index (κ2) is 7.09. The van der Waals surface area contributed by atoms with Gasteiger partial charge in [-0.25, -0.2) is 0 Å². The molecular weight excluding hydrogens is 212 g/mol. The van der Waals surface area contributed by atoms with E-state index in [0.717, 1.165) is 38.3 Å². The Morgan fingerprint density at radius 1 is 1.73 bits per heavy atom. The Morgan fingerprint density at radius 2 is 2.53 bits per heavy atom. The van der Waals surface area contributed by atoms with E-state index in [0.29, 0.717) is 12.1 Å². The van der Waals surface area contributed by atoms with Crippen LogP contribution >= 0.6 is 11.8 Å². The molecule has 1 unspecified atom stereocenters. The molecule has 4 nitrogen and oxygen atoms in total. The van der Waals surface area contributed by atoms with Crippen LogP contribution in [0.4, 0.5) is 0 Å². The first-order chi connectivity index (χ1) is 7.31. The minimum Gasteiger partial charge on any atom is -0.383 e. The molecule has 5 heteroatoms. The average Bonchev–Trinajstić information content (AvgIpc) is 2.67. The van der Waals surface area contributed by atoms with Crippen LogP contribution in [0.1, 0.15) is 6.42 Å². The van der Waals surface area contributed by atoms with Gasteiger partial charge in [-0.05, 0) is 12.7 Å². The quantitative estimate of drug-likeness (QED) is 0.636. The fraction of sp³-hybridized carbons (Fsp3) is 0.900. The highest BCUT2D eigenvalue weighted by molar-refractivity contribution is 7.98. The van der Waals surface area contributed by atoms with E-state index in [-0.39, 0.29) is 0 Å². The summed E-state index contributed by atoms with van der Waals surface area (Å²) in [6.45, 7) is 2.78. The van der Waals surface area contributed by atoms with Gasteiger partial charge >= 0.3 is 0 Å². The molecule has 0 aromatic heterocycles. The summed E-state index contributed by atoms with van der Waals surface area (Å²) in [5, 5.41) is 2.84. The second-order valence-corrected chi connectivity index (χ2v) is 4.74. The molecule has 1 N–H and O–H groups in total. The molecule has 88 valence electrons. The van der Waals surface area contributed by atoms with Gasteiger partial charge in [0.1, 0.15) is 0 Å². The van der Waals surface area contributed by atoms with E-state index >= 15 is 0 Å². The van der Waals surface area contributed by atoms with E-state index in [1.807, 2.05) is 11.8 Å². The van der Waals surface area contributed by atoms with Gasteiger partial charge in [-0.3, -0.25) is 9.69 Å². The van der Waals surface area contributed by atoms with Crippen molar-refractivity contribution in [2.75, 3.05) is 38.8 Å². The number of likely N-dealkylation sites (tertiary alicyclic amines) is 1. The van der Waals surface area contributed by atoms with Crippen molar-refractivity contribution >= 4 is 18.2 Å². The predicted octanol–water partition coefficient (Wildman–Crippen LogP) is 0.185. The monoisotopic (exact) mass is 232 g/mol. The molecule has 1 fully saturated rings. The van der Waals surface area contributed by atoms with Crippen LogP contribution < -0.4 is 5.32 Å². The Labute approximate surface area is 95.7 Å². The zero-order valence-corrected chi connectivity index (χ0v) is 10.3. The molecule has 2 atom stereocenters. The lowest BCUT2D eigenvalue weighted by molar-refractivity contribution is -0.110. The smallest absolute Gasteiger partial charge is 0.207 e. The zero-order valence-electron chi connectivity index (χ0n) is 9.44. The first-order valence-corrected chi connectivity index (χ1v) is 6.62. The van der Waals surface area contributed by atoms with Gasteiger partial charge in [0.05, 0.1) is 6.61 Å². The number of hydrogen-bond donors (Lipinski definition) is 1. The number of carbonyl (C=O) groups is 1. The van der Waals surface area contributed by atoms with Crippen LogP contribution in [0.25, 0.3) is 0 Å². The molecule has 1 aliphatic rings. The van der Waals surface area contributed by atoms with Crippen LogP contribution in [0, 0.1) is 0 Å². The van der Waals surface area contributed by atoms with Crippen molar-refractivity contribution in [1.82, 2.24) is 10.2 Å². The van der Waals surface area contributed by atoms with Crippen LogP contribution in [0.3, 0.4) is 0 Å². The van der Waals surface area contributed by atoms with Crippen LogP contribution in [-0.4, -0.2) is 62.2 Å². The number of hydrogen-bond acceptors (Lipinski definition) is 4. The number of ether oxygens (including phenoxy) is 1. The highest BCUT2D eigenvalue weighted by atomic mass is 32.2. The third-order valence-electron chi connectivity index (χ3n) is 2.76. The van der Waals surface area contributed by atoms with Crippen molar-refractivity contribution in [1.29, 1.82) is 0 Å². The van der Waals surface area contributed by atoms with E-state index < -0.39 is 0 Å². The lowest BCUT2D eigenvalue weighted by atomic mass is 10.3. The van der Waals surface area contributed by atoms with E-state index in [1.165, 1.54) is 0 Å². The minimum atomic E-state index is 0.323. The molecule has 1 rings (SSSR count). The highest BCUT2D eigenvalue weighted by Gasteiger charge is 2.27. The van der Waals surface area contributed by atoms with Crippen molar-refractivity contribution in [3.63, 3.8) is 0 Å². The summed E-state index contributed by atoms with van der Waals surface area (Å²) in [6, 6.07) is 0.798. The standard InChI is InChI=1S/C10H20N2O2S/c1-14-6-10(7-15-2)12-4-3-9(5-12)11-8-13/h8-10H,3-7H2,1-2H3,(H,11,13)/t9-,10?/m0/s1. The van der Waals surface area contributed by atoms with Gasteiger partial charge in [-0.1, -0.05) is 0 Å². The highest BCUT2D eigenvalue weighted by Crippen LogP contribution is 2.15. The molecule has 0 radical (unpaired) electrons. The van der Waals surface area contributed by atoms with Crippen molar-refractivity contribution in [3.8, 4) is 0 Å². The minimum absolute atomic E-state index is 0.323. The molecule has 1 amide bonds. The number of thioether (sulfide) groups is 1. The van der Waals surface area contributed by atoms with E-state index in [9.17, 15) is 4.79 Å². The fourth-order valence-corrected chi connectivity index (χ4v) is 2.69. The maximum atomic E-state index is 10.3. The summed E-state index contributed by atoms with van der Waals surface area (Å²) in [5.41, 5.74) is 0. The largest absolute Gasteiger partial charge is 0.383 e. The molecular formula is C10H20N2O2S. The Balaban J connectivity index is 2.37. The average molecular weight is 232 g/mol. The maximum absolute atomic E-state index is 10.3. The van der Waals surface area contributed by atoms with Crippen LogP contribution in [-0.2, 0) is 9.53 Å². The number of nitrogens with one attached hydrogen (secondary N) is 1. The van der Waals surface area contributed by atoms with Gasteiger partial charge < -0.3 is 10.1 Å².